The molecular formula is C25H26F3N3O3S. The number of alkyl halides is 3. The minimum Gasteiger partial charge on any atom is -0.371 e. The maximum atomic E-state index is 13.6. The van der Waals surface area contributed by atoms with Gasteiger partial charge in [0.15, 0.2) is 15.5 Å². The molecule has 1 fully saturated rings. The Morgan fingerprint density at radius 1 is 1.00 bits per heavy atom. The number of aromatic nitrogens is 2. The summed E-state index contributed by atoms with van der Waals surface area (Å²) >= 11 is 0. The Balaban J connectivity index is 1.59. The largest absolute Gasteiger partial charge is 0.433 e. The lowest BCUT2D eigenvalue weighted by Gasteiger charge is -2.32. The van der Waals surface area contributed by atoms with Crippen LogP contribution < -0.4 is 5.32 Å². The van der Waals surface area contributed by atoms with Gasteiger partial charge in [-0.25, -0.2) is 18.4 Å². The first-order valence-corrected chi connectivity index (χ1v) is 13.2. The van der Waals surface area contributed by atoms with Crippen molar-refractivity contribution in [2.24, 2.45) is 0 Å². The third kappa shape index (κ3) is 6.58. The molecule has 0 unspecified atom stereocenters. The molecule has 2 atom stereocenters. The summed E-state index contributed by atoms with van der Waals surface area (Å²) in [4.78, 5) is 8.14. The fourth-order valence-corrected chi connectivity index (χ4v) is 4.71. The van der Waals surface area contributed by atoms with Crippen LogP contribution >= 0.6 is 0 Å². The third-order valence-corrected chi connectivity index (χ3v) is 7.05. The second kappa shape index (κ2) is 10.3. The first-order valence-electron chi connectivity index (χ1n) is 11.3. The third-order valence-electron chi connectivity index (χ3n) is 5.92. The number of rotatable bonds is 7. The Morgan fingerprint density at radius 2 is 1.69 bits per heavy atom. The quantitative estimate of drug-likeness (QED) is 0.456. The number of hydrogen-bond donors (Lipinski definition) is 1. The van der Waals surface area contributed by atoms with E-state index in [0.717, 1.165) is 43.6 Å². The maximum absolute atomic E-state index is 13.6. The summed E-state index contributed by atoms with van der Waals surface area (Å²) in [6.45, 7) is 0.408. The van der Waals surface area contributed by atoms with Crippen molar-refractivity contribution in [3.8, 4) is 11.3 Å². The van der Waals surface area contributed by atoms with Crippen molar-refractivity contribution >= 4 is 15.8 Å². The molecule has 0 aliphatic heterocycles. The average Bonchev–Trinajstić information content (AvgIpc) is 2.83. The van der Waals surface area contributed by atoms with Gasteiger partial charge in [-0.2, -0.15) is 13.2 Å². The fourth-order valence-electron chi connectivity index (χ4n) is 4.08. The standard InChI is InChI=1S/C25H26F3N3O3S/c1-35(32,33)19-13-11-18(12-14-19)21-15-23(25(26,27)28)31-24(30-21)29-20-9-5-6-10-22(20)34-16-17-7-3-2-4-8-17/h2-4,7-8,11-15,20,22H,5-6,9-10,16H2,1H3,(H,29,30,31)/t20-,22-/m1/s1. The van der Waals surface area contributed by atoms with Crippen LogP contribution in [0, 0.1) is 0 Å². The second-order valence-electron chi connectivity index (χ2n) is 8.63. The monoisotopic (exact) mass is 505 g/mol. The molecule has 1 saturated carbocycles. The predicted molar refractivity (Wildman–Crippen MR) is 126 cm³/mol. The van der Waals surface area contributed by atoms with E-state index in [4.69, 9.17) is 4.74 Å². The van der Waals surface area contributed by atoms with Crippen molar-refractivity contribution in [2.45, 2.75) is 55.5 Å². The maximum Gasteiger partial charge on any atom is 0.433 e. The normalized spacial score (nSPS) is 18.9. The molecule has 3 aromatic rings. The van der Waals surface area contributed by atoms with Gasteiger partial charge in [0.25, 0.3) is 0 Å². The average molecular weight is 506 g/mol. The molecule has 6 nitrogen and oxygen atoms in total. The van der Waals surface area contributed by atoms with Gasteiger partial charge in [0.2, 0.25) is 5.95 Å². The molecule has 35 heavy (non-hydrogen) atoms. The molecule has 2 aromatic carbocycles. The number of benzene rings is 2. The summed E-state index contributed by atoms with van der Waals surface area (Å²) in [5.41, 5.74) is 0.350. The Hall–Kier alpha value is -2.98. The highest BCUT2D eigenvalue weighted by Crippen LogP contribution is 2.32. The van der Waals surface area contributed by atoms with Crippen molar-refractivity contribution in [3.63, 3.8) is 0 Å². The van der Waals surface area contributed by atoms with Crippen molar-refractivity contribution < 1.29 is 26.3 Å². The summed E-state index contributed by atoms with van der Waals surface area (Å²) in [5, 5.41) is 3.08. The molecule has 4 rings (SSSR count). The Kier molecular flexibility index (Phi) is 7.42. The van der Waals surface area contributed by atoms with Crippen LogP contribution in [0.5, 0.6) is 0 Å². The van der Waals surface area contributed by atoms with E-state index in [9.17, 15) is 21.6 Å². The zero-order chi connectivity index (χ0) is 25.1. The molecule has 0 saturated heterocycles. The molecule has 0 bridgehead atoms. The molecule has 0 spiro atoms. The summed E-state index contributed by atoms with van der Waals surface area (Å²) in [7, 11) is -3.43. The van der Waals surface area contributed by atoms with Crippen LogP contribution in [0.25, 0.3) is 11.3 Å². The number of nitrogens with one attached hydrogen (secondary N) is 1. The number of hydrogen-bond acceptors (Lipinski definition) is 6. The zero-order valence-electron chi connectivity index (χ0n) is 19.1. The van der Waals surface area contributed by atoms with E-state index in [2.05, 4.69) is 15.3 Å². The molecule has 0 radical (unpaired) electrons. The van der Waals surface area contributed by atoms with Crippen molar-refractivity contribution in [1.82, 2.24) is 9.97 Å². The number of nitrogens with zero attached hydrogens (tertiary/aromatic N) is 2. The van der Waals surface area contributed by atoms with Crippen LogP contribution in [0.3, 0.4) is 0 Å². The van der Waals surface area contributed by atoms with Gasteiger partial charge in [0.1, 0.15) is 0 Å². The van der Waals surface area contributed by atoms with Crippen molar-refractivity contribution in [1.29, 1.82) is 0 Å². The van der Waals surface area contributed by atoms with Gasteiger partial charge in [-0.1, -0.05) is 55.3 Å². The lowest BCUT2D eigenvalue weighted by molar-refractivity contribution is -0.141. The number of sulfone groups is 1. The molecule has 186 valence electrons. The SMILES string of the molecule is CS(=O)(=O)c1ccc(-c2cc(C(F)(F)F)nc(N[C@@H]3CCCC[C@H]3OCc3ccccc3)n2)cc1. The molecule has 1 N–H and O–H groups in total. The molecular weight excluding hydrogens is 479 g/mol. The smallest absolute Gasteiger partial charge is 0.371 e. The zero-order valence-corrected chi connectivity index (χ0v) is 19.9. The van der Waals surface area contributed by atoms with Crippen molar-refractivity contribution in [3.05, 3.63) is 71.9 Å². The molecule has 1 heterocycles. The van der Waals surface area contributed by atoms with Gasteiger partial charge in [-0.15, -0.1) is 0 Å². The van der Waals surface area contributed by atoms with E-state index in [1.807, 2.05) is 30.3 Å². The van der Waals surface area contributed by atoms with E-state index in [1.54, 1.807) is 0 Å². The lowest BCUT2D eigenvalue weighted by Crippen LogP contribution is -2.39. The van der Waals surface area contributed by atoms with Crippen LogP contribution in [0.1, 0.15) is 36.9 Å². The van der Waals surface area contributed by atoms with Crippen molar-refractivity contribution in [2.75, 3.05) is 11.6 Å². The minimum absolute atomic E-state index is 0.0486. The molecule has 1 aliphatic carbocycles. The highest BCUT2D eigenvalue weighted by molar-refractivity contribution is 7.90. The van der Waals surface area contributed by atoms with Crippen LogP contribution in [-0.2, 0) is 27.4 Å². The van der Waals surface area contributed by atoms with Gasteiger partial charge < -0.3 is 10.1 Å². The first kappa shape index (κ1) is 25.1. The minimum atomic E-state index is -4.67. The Labute approximate surface area is 202 Å². The van der Waals surface area contributed by atoms with Crippen LogP contribution in [-0.4, -0.2) is 36.8 Å². The van der Waals surface area contributed by atoms with E-state index < -0.39 is 21.7 Å². The summed E-state index contributed by atoms with van der Waals surface area (Å²) in [6.07, 6.45) is -0.408. The number of anilines is 1. The van der Waals surface area contributed by atoms with Gasteiger partial charge >= 0.3 is 6.18 Å². The number of halogens is 3. The van der Waals surface area contributed by atoms with E-state index in [0.29, 0.717) is 12.2 Å². The highest BCUT2D eigenvalue weighted by Gasteiger charge is 2.34. The molecule has 1 aliphatic rings. The summed E-state index contributed by atoms with van der Waals surface area (Å²) < 4.78 is 70.4. The van der Waals surface area contributed by atoms with Crippen LogP contribution in [0.4, 0.5) is 19.1 Å². The van der Waals surface area contributed by atoms with Gasteiger partial charge in [-0.3, -0.25) is 0 Å². The fraction of sp³-hybridized carbons (Fsp3) is 0.360. The first-order chi connectivity index (χ1) is 16.6. The van der Waals surface area contributed by atoms with E-state index >= 15 is 0 Å². The van der Waals surface area contributed by atoms with E-state index in [-0.39, 0.29) is 28.7 Å². The van der Waals surface area contributed by atoms with Gasteiger partial charge in [0.05, 0.1) is 29.3 Å². The second-order valence-corrected chi connectivity index (χ2v) is 10.6. The van der Waals surface area contributed by atoms with Gasteiger partial charge in [-0.05, 0) is 36.6 Å². The molecule has 1 aromatic heterocycles. The highest BCUT2D eigenvalue weighted by atomic mass is 32.2. The Bertz CT molecular complexity index is 1250. The summed E-state index contributed by atoms with van der Waals surface area (Å²) in [5.74, 6) is -0.137. The topological polar surface area (TPSA) is 81.2 Å². The molecule has 10 heteroatoms. The molecule has 0 amide bonds. The van der Waals surface area contributed by atoms with Crippen LogP contribution in [0.2, 0.25) is 0 Å². The lowest BCUT2D eigenvalue weighted by atomic mass is 9.92. The van der Waals surface area contributed by atoms with Gasteiger partial charge in [0, 0.05) is 11.8 Å². The number of ether oxygens (including phenoxy) is 1. The Morgan fingerprint density at radius 3 is 2.34 bits per heavy atom. The van der Waals surface area contributed by atoms with E-state index in [1.165, 1.54) is 24.3 Å². The predicted octanol–water partition coefficient (Wildman–Crippen LogP) is 5.51. The summed E-state index contributed by atoms with van der Waals surface area (Å²) in [6, 6.07) is 15.9. The van der Waals surface area contributed by atoms with Crippen LogP contribution in [0.15, 0.2) is 65.6 Å².